The first kappa shape index (κ1) is 43.6. The van der Waals surface area contributed by atoms with Crippen LogP contribution in [0, 0.1) is 27.7 Å². The quantitative estimate of drug-likeness (QED) is 0.0890. The summed E-state index contributed by atoms with van der Waals surface area (Å²) in [4.78, 5) is 2.83. The third-order valence-corrected chi connectivity index (χ3v) is 16.1. The summed E-state index contributed by atoms with van der Waals surface area (Å²) in [5, 5.41) is 5.89. The molecule has 0 radical (unpaired) electrons. The molecular formula is C44H46Cl2P2PtS2. The fraction of sp³-hybridized carbons (Fsp3) is 0.182. The number of halogens is 2. The molecule has 0 aliphatic carbocycles. The number of benzene rings is 6. The van der Waals surface area contributed by atoms with Crippen molar-refractivity contribution in [2.75, 3.05) is 23.8 Å². The van der Waals surface area contributed by atoms with E-state index in [9.17, 15) is 0 Å². The van der Waals surface area contributed by atoms with Gasteiger partial charge in [-0.25, -0.2) is 0 Å². The van der Waals surface area contributed by atoms with Gasteiger partial charge in [0.1, 0.15) is 0 Å². The van der Waals surface area contributed by atoms with Crippen molar-refractivity contribution in [2.45, 2.75) is 37.5 Å². The molecule has 6 rings (SSSR count). The molecule has 0 spiro atoms. The Morgan fingerprint density at radius 3 is 0.961 bits per heavy atom. The van der Waals surface area contributed by atoms with Crippen LogP contribution in [0.4, 0.5) is 0 Å². The van der Waals surface area contributed by atoms with Crippen LogP contribution in [0.25, 0.3) is 0 Å². The maximum atomic E-state index is 4.61. The van der Waals surface area contributed by atoms with Gasteiger partial charge in [-0.15, -0.1) is 23.5 Å². The van der Waals surface area contributed by atoms with Crippen molar-refractivity contribution in [2.24, 2.45) is 0 Å². The molecular weight excluding hydrogens is 921 g/mol. The van der Waals surface area contributed by atoms with Crippen molar-refractivity contribution in [3.05, 3.63) is 180 Å². The first-order valence-electron chi connectivity index (χ1n) is 16.8. The molecule has 0 atom stereocenters. The molecule has 0 amide bonds. The normalized spacial score (nSPS) is 10.5. The fourth-order valence-electron chi connectivity index (χ4n) is 5.66. The molecule has 0 unspecified atom stereocenters. The number of rotatable bonds is 12. The van der Waals surface area contributed by atoms with Crippen LogP contribution in [-0.4, -0.2) is 23.8 Å². The van der Waals surface area contributed by atoms with Crippen LogP contribution in [-0.2, 0) is 18.8 Å². The van der Waals surface area contributed by atoms with Gasteiger partial charge in [-0.3, -0.25) is 0 Å². The summed E-state index contributed by atoms with van der Waals surface area (Å²) in [6.07, 6.45) is 2.42. The molecule has 0 fully saturated rings. The van der Waals surface area contributed by atoms with Crippen LogP contribution in [0.5, 0.6) is 0 Å². The van der Waals surface area contributed by atoms with Crippen molar-refractivity contribution < 1.29 is 31.2 Å². The minimum absolute atomic E-state index is 0. The predicted octanol–water partition coefficient (Wildman–Crippen LogP) is 8.75. The molecule has 0 heterocycles. The summed E-state index contributed by atoms with van der Waals surface area (Å²) in [5.41, 5.74) is 5.47. The van der Waals surface area contributed by atoms with Crippen molar-refractivity contribution in [3.63, 3.8) is 0 Å². The SMILES string of the molecule is Cc1ccc(SCCP(c2ccccc2)c2ccccc2)c(C)c1.Cc1ccc(SCCP(c2ccccc2)c2ccccc2)c(C)c1.[Cl-].[Cl][Pt+]. The van der Waals surface area contributed by atoms with Gasteiger partial charge in [0.15, 0.2) is 0 Å². The Kier molecular flexibility index (Phi) is 20.9. The molecule has 6 aromatic carbocycles. The van der Waals surface area contributed by atoms with Crippen molar-refractivity contribution in [3.8, 4) is 0 Å². The molecule has 0 aliphatic heterocycles. The van der Waals surface area contributed by atoms with Crippen molar-refractivity contribution >= 4 is 70.0 Å². The number of hydrogen-bond acceptors (Lipinski definition) is 2. The zero-order chi connectivity index (χ0) is 35.6. The maximum absolute atomic E-state index is 4.61. The van der Waals surface area contributed by atoms with Crippen LogP contribution >= 0.6 is 48.8 Å². The first-order chi connectivity index (χ1) is 24.5. The van der Waals surface area contributed by atoms with Gasteiger partial charge in [0.05, 0.1) is 0 Å². The monoisotopic (exact) mass is 965 g/mol. The zero-order valence-corrected chi connectivity index (χ0v) is 36.8. The number of thioether (sulfide) groups is 2. The topological polar surface area (TPSA) is 0 Å². The molecule has 0 saturated heterocycles. The van der Waals surface area contributed by atoms with Crippen LogP contribution < -0.4 is 33.6 Å². The second-order valence-corrected chi connectivity index (χ2v) is 18.8. The van der Waals surface area contributed by atoms with Gasteiger partial charge in [0.25, 0.3) is 0 Å². The Bertz CT molecular complexity index is 1610. The van der Waals surface area contributed by atoms with E-state index in [1.807, 2.05) is 23.5 Å². The van der Waals surface area contributed by atoms with E-state index in [0.717, 1.165) is 11.5 Å². The van der Waals surface area contributed by atoms with Crippen molar-refractivity contribution in [1.29, 1.82) is 0 Å². The van der Waals surface area contributed by atoms with E-state index in [1.165, 1.54) is 65.6 Å². The van der Waals surface area contributed by atoms with Gasteiger partial charge < -0.3 is 12.4 Å². The average molecular weight is 967 g/mol. The van der Waals surface area contributed by atoms with E-state index < -0.39 is 0 Å². The average Bonchev–Trinajstić information content (AvgIpc) is 3.16. The Hall–Kier alpha value is -1.85. The van der Waals surface area contributed by atoms with E-state index in [1.54, 1.807) is 18.8 Å². The summed E-state index contributed by atoms with van der Waals surface area (Å²) in [6, 6.07) is 57.4. The molecule has 0 aromatic heterocycles. The molecule has 0 saturated carbocycles. The summed E-state index contributed by atoms with van der Waals surface area (Å²) in [6.45, 7) is 8.75. The minimum atomic E-state index is -0.284. The van der Waals surface area contributed by atoms with E-state index in [4.69, 9.17) is 0 Å². The van der Waals surface area contributed by atoms with Crippen LogP contribution in [0.2, 0.25) is 0 Å². The number of hydrogen-bond donors (Lipinski definition) is 0. The summed E-state index contributed by atoms with van der Waals surface area (Å²) in [7, 11) is 4.04. The Labute approximate surface area is 339 Å². The molecule has 51 heavy (non-hydrogen) atoms. The van der Waals surface area contributed by atoms with Gasteiger partial charge in [0.2, 0.25) is 0 Å². The molecule has 268 valence electrons. The summed E-state index contributed by atoms with van der Waals surface area (Å²) in [5.74, 6) is 2.30. The molecule has 0 bridgehead atoms. The van der Waals surface area contributed by atoms with Gasteiger partial charge >= 0.3 is 28.2 Å². The first-order valence-corrected chi connectivity index (χ1v) is 24.6. The van der Waals surface area contributed by atoms with Gasteiger partial charge in [-0.1, -0.05) is 157 Å². The van der Waals surface area contributed by atoms with Crippen LogP contribution in [0.1, 0.15) is 22.3 Å². The Balaban J connectivity index is 0.000000258. The standard InChI is InChI=1S/2C22H23PS.2ClH.Pt/c2*1-18-13-14-22(19(2)17-18)24-16-15-23(20-9-5-3-6-10-20)21-11-7-4-8-12-21;;;/h2*3-14,17H,15-16H2,1-2H3;2*1H;/q;;;;+2/p-2. The van der Waals surface area contributed by atoms with Crippen LogP contribution in [0.3, 0.4) is 0 Å². The molecule has 6 aromatic rings. The molecule has 0 N–H and O–H groups in total. The fourth-order valence-corrected chi connectivity index (χ4v) is 13.0. The Morgan fingerprint density at radius 2 is 0.706 bits per heavy atom. The summed E-state index contributed by atoms with van der Waals surface area (Å²) < 4.78 is 0. The van der Waals surface area contributed by atoms with E-state index >= 15 is 0 Å². The van der Waals surface area contributed by atoms with Gasteiger partial charge in [-0.05, 0) is 100 Å². The molecule has 0 aliphatic rings. The van der Waals surface area contributed by atoms with E-state index in [-0.39, 0.29) is 28.3 Å². The van der Waals surface area contributed by atoms with Crippen molar-refractivity contribution in [1.82, 2.24) is 0 Å². The Morgan fingerprint density at radius 1 is 0.431 bits per heavy atom. The zero-order valence-electron chi connectivity index (χ0n) is 29.6. The molecule has 0 nitrogen and oxygen atoms in total. The predicted molar refractivity (Wildman–Crippen MR) is 227 cm³/mol. The third-order valence-electron chi connectivity index (χ3n) is 8.08. The van der Waals surface area contributed by atoms with E-state index in [0.29, 0.717) is 0 Å². The van der Waals surface area contributed by atoms with Gasteiger partial charge in [-0.2, -0.15) is 0 Å². The second-order valence-electron chi connectivity index (χ2n) is 11.9. The van der Waals surface area contributed by atoms with Crippen LogP contribution in [0.15, 0.2) is 168 Å². The molecule has 7 heteroatoms. The third kappa shape index (κ3) is 14.5. The van der Waals surface area contributed by atoms with Gasteiger partial charge in [0, 0.05) is 21.3 Å². The van der Waals surface area contributed by atoms with E-state index in [2.05, 4.69) is 195 Å². The number of aryl methyl sites for hydroxylation is 4. The second kappa shape index (κ2) is 24.5. The summed E-state index contributed by atoms with van der Waals surface area (Å²) >= 11 is 5.59.